The summed E-state index contributed by atoms with van der Waals surface area (Å²) in [7, 11) is 0. The molecule has 0 unspecified atom stereocenters. The standard InChI is InChI=1S/C18H13IOS2/c19-15-11-20-10-14-17(21-12-6-2-1-3-7-12)13-8-4-5-9-16(13)22-18(14)15/h1-9H,10-11H2. The second-order valence-corrected chi connectivity index (χ2v) is 8.49. The average molecular weight is 436 g/mol. The molecule has 4 rings (SSSR count). The maximum absolute atomic E-state index is 5.78. The number of fused-ring (bicyclic) bond motifs is 2. The van der Waals surface area contributed by atoms with Gasteiger partial charge in [0.25, 0.3) is 0 Å². The van der Waals surface area contributed by atoms with Gasteiger partial charge in [-0.25, -0.2) is 0 Å². The Morgan fingerprint density at radius 3 is 2.59 bits per heavy atom. The molecule has 2 aromatic carbocycles. The molecule has 110 valence electrons. The summed E-state index contributed by atoms with van der Waals surface area (Å²) in [4.78, 5) is 5.34. The lowest BCUT2D eigenvalue weighted by atomic mass is 10.1. The summed E-state index contributed by atoms with van der Waals surface area (Å²) in [5, 5.41) is 0. The molecule has 0 saturated heterocycles. The number of halogens is 1. The van der Waals surface area contributed by atoms with Crippen molar-refractivity contribution in [1.82, 2.24) is 0 Å². The third-order valence-electron chi connectivity index (χ3n) is 3.58. The molecule has 0 N–H and O–H groups in total. The van der Waals surface area contributed by atoms with E-state index in [1.807, 2.05) is 23.5 Å². The zero-order valence-electron chi connectivity index (χ0n) is 11.7. The van der Waals surface area contributed by atoms with Crippen LogP contribution in [0.15, 0.2) is 78.4 Å². The summed E-state index contributed by atoms with van der Waals surface area (Å²) in [6, 6.07) is 19.3. The van der Waals surface area contributed by atoms with Crippen LogP contribution in [-0.2, 0) is 4.74 Å². The van der Waals surface area contributed by atoms with Gasteiger partial charge < -0.3 is 4.74 Å². The zero-order valence-corrected chi connectivity index (χ0v) is 15.5. The SMILES string of the molecule is IC1=C2Sc3ccccc3C(Sc3ccccc3)=C2COC1. The smallest absolute Gasteiger partial charge is 0.0789 e. The molecule has 22 heavy (non-hydrogen) atoms. The topological polar surface area (TPSA) is 9.23 Å². The fraction of sp³-hybridized carbons (Fsp3) is 0.111. The highest BCUT2D eigenvalue weighted by Crippen LogP contribution is 2.52. The van der Waals surface area contributed by atoms with E-state index < -0.39 is 0 Å². The van der Waals surface area contributed by atoms with Crippen LogP contribution >= 0.6 is 46.1 Å². The van der Waals surface area contributed by atoms with Gasteiger partial charge in [0.2, 0.25) is 0 Å². The molecule has 2 heterocycles. The predicted octanol–water partition coefficient (Wildman–Crippen LogP) is 5.97. The number of hydrogen-bond donors (Lipinski definition) is 0. The van der Waals surface area contributed by atoms with E-state index >= 15 is 0 Å². The number of thioether (sulfide) groups is 2. The van der Waals surface area contributed by atoms with Crippen molar-refractivity contribution in [1.29, 1.82) is 0 Å². The molecule has 2 aromatic rings. The molecular formula is C18H13IOS2. The maximum atomic E-state index is 5.78. The van der Waals surface area contributed by atoms with Crippen LogP contribution in [0.4, 0.5) is 0 Å². The second-order valence-electron chi connectivity index (χ2n) is 5.05. The van der Waals surface area contributed by atoms with E-state index in [2.05, 4.69) is 77.2 Å². The zero-order chi connectivity index (χ0) is 14.9. The van der Waals surface area contributed by atoms with Gasteiger partial charge in [-0.2, -0.15) is 0 Å². The lowest BCUT2D eigenvalue weighted by molar-refractivity contribution is 0.181. The second kappa shape index (κ2) is 6.43. The third-order valence-corrected chi connectivity index (χ3v) is 7.24. The van der Waals surface area contributed by atoms with Crippen LogP contribution in [0.25, 0.3) is 4.91 Å². The Bertz CT molecular complexity index is 781. The van der Waals surface area contributed by atoms with Crippen molar-refractivity contribution in [2.45, 2.75) is 9.79 Å². The van der Waals surface area contributed by atoms with Crippen molar-refractivity contribution in [2.24, 2.45) is 0 Å². The van der Waals surface area contributed by atoms with Crippen molar-refractivity contribution >= 4 is 51.0 Å². The Kier molecular flexibility index (Phi) is 4.35. The highest BCUT2D eigenvalue weighted by atomic mass is 127. The van der Waals surface area contributed by atoms with Crippen LogP contribution < -0.4 is 0 Å². The van der Waals surface area contributed by atoms with Crippen LogP contribution in [0, 0.1) is 0 Å². The minimum Gasteiger partial charge on any atom is -0.371 e. The van der Waals surface area contributed by atoms with E-state index in [0.717, 1.165) is 6.61 Å². The highest BCUT2D eigenvalue weighted by molar-refractivity contribution is 14.1. The van der Waals surface area contributed by atoms with Crippen molar-refractivity contribution < 1.29 is 4.74 Å². The fourth-order valence-corrected chi connectivity index (χ4v) is 5.77. The summed E-state index contributed by atoms with van der Waals surface area (Å²) >= 11 is 6.15. The fourth-order valence-electron chi connectivity index (χ4n) is 2.56. The van der Waals surface area contributed by atoms with E-state index in [-0.39, 0.29) is 0 Å². The van der Waals surface area contributed by atoms with E-state index in [0.29, 0.717) is 6.61 Å². The minimum atomic E-state index is 0.707. The molecule has 0 spiro atoms. The van der Waals surface area contributed by atoms with Crippen LogP contribution in [0.5, 0.6) is 0 Å². The van der Waals surface area contributed by atoms with Gasteiger partial charge in [0.1, 0.15) is 0 Å². The molecule has 0 fully saturated rings. The molecule has 0 saturated carbocycles. The lowest BCUT2D eigenvalue weighted by Gasteiger charge is -2.29. The molecule has 4 heteroatoms. The summed E-state index contributed by atoms with van der Waals surface area (Å²) < 4.78 is 7.09. The molecule has 0 amide bonds. The first-order valence-corrected chi connectivity index (χ1v) is 9.74. The van der Waals surface area contributed by atoms with Crippen molar-refractivity contribution in [3.8, 4) is 0 Å². The van der Waals surface area contributed by atoms with Crippen molar-refractivity contribution in [2.75, 3.05) is 13.2 Å². The summed E-state index contributed by atoms with van der Waals surface area (Å²) in [5.74, 6) is 0. The highest BCUT2D eigenvalue weighted by Gasteiger charge is 2.28. The first-order chi connectivity index (χ1) is 10.8. The van der Waals surface area contributed by atoms with Gasteiger partial charge in [-0.05, 0) is 40.8 Å². The van der Waals surface area contributed by atoms with E-state index in [9.17, 15) is 0 Å². The van der Waals surface area contributed by atoms with Crippen LogP contribution in [0.3, 0.4) is 0 Å². The molecule has 2 aliphatic rings. The molecule has 0 radical (unpaired) electrons. The number of hydrogen-bond acceptors (Lipinski definition) is 3. The first kappa shape index (κ1) is 14.9. The lowest BCUT2D eigenvalue weighted by Crippen LogP contribution is -2.14. The Morgan fingerprint density at radius 1 is 0.955 bits per heavy atom. The number of benzene rings is 2. The molecule has 0 bridgehead atoms. The van der Waals surface area contributed by atoms with Gasteiger partial charge in [-0.15, -0.1) is 0 Å². The van der Waals surface area contributed by atoms with Gasteiger partial charge in [0.05, 0.1) is 13.2 Å². The summed E-state index contributed by atoms with van der Waals surface area (Å²) in [6.07, 6.45) is 0. The van der Waals surface area contributed by atoms with Gasteiger partial charge in [-0.3, -0.25) is 0 Å². The Morgan fingerprint density at radius 2 is 1.73 bits per heavy atom. The molecule has 2 aliphatic heterocycles. The number of rotatable bonds is 2. The molecule has 0 aliphatic carbocycles. The quantitative estimate of drug-likeness (QED) is 0.537. The Hall–Kier alpha value is -0.690. The van der Waals surface area contributed by atoms with Crippen LogP contribution in [0.1, 0.15) is 5.56 Å². The average Bonchev–Trinajstić information content (AvgIpc) is 2.57. The van der Waals surface area contributed by atoms with Gasteiger partial charge >= 0.3 is 0 Å². The maximum Gasteiger partial charge on any atom is 0.0789 e. The predicted molar refractivity (Wildman–Crippen MR) is 103 cm³/mol. The van der Waals surface area contributed by atoms with Crippen LogP contribution in [0.2, 0.25) is 0 Å². The molecule has 0 aromatic heterocycles. The van der Waals surface area contributed by atoms with Gasteiger partial charge in [-0.1, -0.05) is 59.9 Å². The largest absolute Gasteiger partial charge is 0.371 e. The van der Waals surface area contributed by atoms with Crippen LogP contribution in [-0.4, -0.2) is 13.2 Å². The minimum absolute atomic E-state index is 0.707. The van der Waals surface area contributed by atoms with Gasteiger partial charge in [0.15, 0.2) is 0 Å². The monoisotopic (exact) mass is 436 g/mol. The summed E-state index contributed by atoms with van der Waals surface area (Å²) in [6.45, 7) is 1.44. The Labute approximate surface area is 152 Å². The molecular weight excluding hydrogens is 423 g/mol. The van der Waals surface area contributed by atoms with Crippen molar-refractivity contribution in [3.05, 3.63) is 74.2 Å². The molecule has 1 nitrogen and oxygen atoms in total. The third kappa shape index (κ3) is 2.77. The normalized spacial score (nSPS) is 17.3. The number of ether oxygens (including phenoxy) is 1. The van der Waals surface area contributed by atoms with E-state index in [1.165, 1.54) is 34.3 Å². The van der Waals surface area contributed by atoms with E-state index in [1.54, 1.807) is 0 Å². The van der Waals surface area contributed by atoms with E-state index in [4.69, 9.17) is 4.74 Å². The Balaban J connectivity index is 1.88. The summed E-state index contributed by atoms with van der Waals surface area (Å²) in [5.41, 5.74) is 2.67. The van der Waals surface area contributed by atoms with Gasteiger partial charge in [0, 0.05) is 34.3 Å². The molecule has 0 atom stereocenters. The van der Waals surface area contributed by atoms with Crippen molar-refractivity contribution in [3.63, 3.8) is 0 Å². The first-order valence-electron chi connectivity index (χ1n) is 7.03.